The number of nitrogens with one attached hydrogen (secondary N) is 1. The van der Waals surface area contributed by atoms with Crippen molar-refractivity contribution in [3.63, 3.8) is 0 Å². The molecule has 2 aromatic carbocycles. The lowest BCUT2D eigenvalue weighted by Crippen LogP contribution is -2.34. The second-order valence-electron chi connectivity index (χ2n) is 9.68. The fraction of sp³-hybridized carbons (Fsp3) is 0.423. The Labute approximate surface area is 194 Å². The van der Waals surface area contributed by atoms with Crippen LogP contribution in [0.4, 0.5) is 4.79 Å². The van der Waals surface area contributed by atoms with Crippen LogP contribution in [0.5, 0.6) is 5.75 Å². The molecule has 1 aliphatic carbocycles. The van der Waals surface area contributed by atoms with Crippen LogP contribution in [0.2, 0.25) is 0 Å². The van der Waals surface area contributed by atoms with Gasteiger partial charge in [-0.2, -0.15) is 4.98 Å². The lowest BCUT2D eigenvalue weighted by Gasteiger charge is -2.22. The first-order valence-electron chi connectivity index (χ1n) is 11.3. The molecular weight excluding hydrogens is 418 g/mol. The molecule has 1 amide bonds. The Morgan fingerprint density at radius 1 is 1.21 bits per heavy atom. The minimum atomic E-state index is -0.536. The molecule has 33 heavy (non-hydrogen) atoms. The van der Waals surface area contributed by atoms with Gasteiger partial charge >= 0.3 is 6.09 Å². The quantitative estimate of drug-likeness (QED) is 0.513. The zero-order chi connectivity index (χ0) is 23.8. The van der Waals surface area contributed by atoms with E-state index < -0.39 is 11.7 Å². The zero-order valence-electron chi connectivity index (χ0n) is 20.1. The van der Waals surface area contributed by atoms with Gasteiger partial charge in [-0.25, -0.2) is 4.79 Å². The average Bonchev–Trinajstić information content (AvgIpc) is 3.35. The molecule has 1 N–H and O–H groups in total. The molecule has 0 radical (unpaired) electrons. The number of rotatable bonds is 5. The van der Waals surface area contributed by atoms with Gasteiger partial charge in [0.25, 0.3) is 5.89 Å². The molecule has 174 valence electrons. The summed E-state index contributed by atoms with van der Waals surface area (Å²) in [5, 5.41) is 7.23. The van der Waals surface area contributed by atoms with Gasteiger partial charge in [-0.15, -0.1) is 0 Å². The van der Waals surface area contributed by atoms with Gasteiger partial charge in [-0.3, -0.25) is 0 Å². The molecule has 7 heteroatoms. The van der Waals surface area contributed by atoms with E-state index >= 15 is 0 Å². The Kier molecular flexibility index (Phi) is 6.15. The van der Waals surface area contributed by atoms with Crippen LogP contribution in [-0.4, -0.2) is 27.9 Å². The predicted octanol–water partition coefficient (Wildman–Crippen LogP) is 6.01. The summed E-state index contributed by atoms with van der Waals surface area (Å²) in [6.07, 6.45) is 1.31. The second-order valence-corrected chi connectivity index (χ2v) is 9.68. The summed E-state index contributed by atoms with van der Waals surface area (Å²) in [6, 6.07) is 11.7. The Morgan fingerprint density at radius 2 is 2.00 bits per heavy atom. The van der Waals surface area contributed by atoms with E-state index in [1.807, 2.05) is 77.9 Å². The van der Waals surface area contributed by atoms with Crippen molar-refractivity contribution in [2.75, 3.05) is 0 Å². The molecule has 0 saturated carbocycles. The lowest BCUT2D eigenvalue weighted by molar-refractivity contribution is 0.0503. The average molecular weight is 450 g/mol. The summed E-state index contributed by atoms with van der Waals surface area (Å²) < 4.78 is 16.8. The summed E-state index contributed by atoms with van der Waals surface area (Å²) in [7, 11) is 0. The maximum absolute atomic E-state index is 12.3. The number of carbonyl (C=O) groups excluding carboxylic acids is 1. The van der Waals surface area contributed by atoms with Gasteiger partial charge in [0, 0.05) is 11.1 Å². The van der Waals surface area contributed by atoms with Crippen molar-refractivity contribution in [1.29, 1.82) is 0 Å². The van der Waals surface area contributed by atoms with Crippen molar-refractivity contribution >= 4 is 6.09 Å². The standard InChI is InChI=1S/C26H31N3O4/c1-15(2)31-22-13-10-17(14-16(22)3)24-28-23(29-33-24)20-9-7-8-19-18(20)11-12-21(19)27-25(30)32-26(4,5)6/h7-10,13-15,21H,11-12H2,1-6H3,(H,27,30)/t21-/m0/s1. The number of benzene rings is 2. The number of nitrogens with zero attached hydrogens (tertiary/aromatic N) is 2. The number of aromatic nitrogens is 2. The first-order chi connectivity index (χ1) is 15.6. The van der Waals surface area contributed by atoms with E-state index in [4.69, 9.17) is 14.0 Å². The predicted molar refractivity (Wildman–Crippen MR) is 126 cm³/mol. The van der Waals surface area contributed by atoms with Crippen molar-refractivity contribution in [2.45, 2.75) is 72.1 Å². The van der Waals surface area contributed by atoms with E-state index in [1.54, 1.807) is 0 Å². The van der Waals surface area contributed by atoms with Crippen LogP contribution in [0.3, 0.4) is 0 Å². The summed E-state index contributed by atoms with van der Waals surface area (Å²) in [5.74, 6) is 1.85. The fourth-order valence-corrected chi connectivity index (χ4v) is 4.08. The first kappa shape index (κ1) is 22.8. The third-order valence-electron chi connectivity index (χ3n) is 5.41. The van der Waals surface area contributed by atoms with Crippen molar-refractivity contribution in [2.24, 2.45) is 0 Å². The number of hydrogen-bond donors (Lipinski definition) is 1. The Bertz CT molecular complexity index is 1160. The molecule has 7 nitrogen and oxygen atoms in total. The molecule has 1 aliphatic rings. The number of alkyl carbamates (subject to hydrolysis) is 1. The van der Waals surface area contributed by atoms with E-state index in [2.05, 4.69) is 15.5 Å². The number of fused-ring (bicyclic) bond motifs is 1. The smallest absolute Gasteiger partial charge is 0.408 e. The van der Waals surface area contributed by atoms with Gasteiger partial charge in [-0.1, -0.05) is 23.4 Å². The van der Waals surface area contributed by atoms with E-state index in [0.717, 1.165) is 46.4 Å². The number of amides is 1. The minimum Gasteiger partial charge on any atom is -0.491 e. The molecule has 4 rings (SSSR count). The molecule has 1 atom stereocenters. The van der Waals surface area contributed by atoms with E-state index in [0.29, 0.717) is 11.7 Å². The molecule has 0 unspecified atom stereocenters. The first-order valence-corrected chi connectivity index (χ1v) is 11.3. The van der Waals surface area contributed by atoms with E-state index in [-0.39, 0.29) is 12.1 Å². The van der Waals surface area contributed by atoms with Gasteiger partial charge in [0.2, 0.25) is 5.82 Å². The van der Waals surface area contributed by atoms with Gasteiger partial charge in [0.05, 0.1) is 12.1 Å². The van der Waals surface area contributed by atoms with Crippen LogP contribution >= 0.6 is 0 Å². The number of ether oxygens (including phenoxy) is 2. The molecular formula is C26H31N3O4. The Morgan fingerprint density at radius 3 is 2.70 bits per heavy atom. The fourth-order valence-electron chi connectivity index (χ4n) is 4.08. The number of hydrogen-bond acceptors (Lipinski definition) is 6. The summed E-state index contributed by atoms with van der Waals surface area (Å²) >= 11 is 0. The highest BCUT2D eigenvalue weighted by molar-refractivity contribution is 5.71. The van der Waals surface area contributed by atoms with Gasteiger partial charge in [-0.05, 0) is 89.3 Å². The summed E-state index contributed by atoms with van der Waals surface area (Å²) in [5.41, 5.74) is 4.44. The van der Waals surface area contributed by atoms with Gasteiger partial charge in [0.15, 0.2) is 0 Å². The third kappa shape index (κ3) is 5.18. The maximum Gasteiger partial charge on any atom is 0.408 e. The maximum atomic E-state index is 12.3. The Balaban J connectivity index is 1.56. The molecule has 0 spiro atoms. The van der Waals surface area contributed by atoms with Crippen molar-refractivity contribution in [1.82, 2.24) is 15.5 Å². The topological polar surface area (TPSA) is 86.5 Å². The number of carbonyl (C=O) groups is 1. The molecule has 0 saturated heterocycles. The van der Waals surface area contributed by atoms with Crippen molar-refractivity contribution in [3.8, 4) is 28.6 Å². The molecule has 3 aromatic rings. The molecule has 0 fully saturated rings. The van der Waals surface area contributed by atoms with E-state index in [1.165, 1.54) is 0 Å². The monoisotopic (exact) mass is 449 g/mol. The normalized spacial score (nSPS) is 15.4. The zero-order valence-corrected chi connectivity index (χ0v) is 20.1. The van der Waals surface area contributed by atoms with Crippen molar-refractivity contribution in [3.05, 3.63) is 53.1 Å². The van der Waals surface area contributed by atoms with Crippen LogP contribution in [0.1, 0.15) is 63.8 Å². The highest BCUT2D eigenvalue weighted by atomic mass is 16.6. The van der Waals surface area contributed by atoms with Crippen LogP contribution in [0, 0.1) is 6.92 Å². The molecule has 0 aliphatic heterocycles. The van der Waals surface area contributed by atoms with Crippen LogP contribution in [-0.2, 0) is 11.2 Å². The highest BCUT2D eigenvalue weighted by Crippen LogP contribution is 2.37. The summed E-state index contributed by atoms with van der Waals surface area (Å²) in [4.78, 5) is 16.9. The largest absolute Gasteiger partial charge is 0.491 e. The van der Waals surface area contributed by atoms with Gasteiger partial charge in [0.1, 0.15) is 11.4 Å². The minimum absolute atomic E-state index is 0.0997. The Hall–Kier alpha value is -3.35. The number of aryl methyl sites for hydroxylation is 1. The molecule has 1 aromatic heterocycles. The van der Waals surface area contributed by atoms with Crippen molar-refractivity contribution < 1.29 is 18.8 Å². The lowest BCUT2D eigenvalue weighted by atomic mass is 10.0. The van der Waals surface area contributed by atoms with Crippen LogP contribution < -0.4 is 10.1 Å². The third-order valence-corrected chi connectivity index (χ3v) is 5.41. The second kappa shape index (κ2) is 8.89. The molecule has 0 bridgehead atoms. The van der Waals surface area contributed by atoms with Crippen LogP contribution in [0.15, 0.2) is 40.9 Å². The molecule has 1 heterocycles. The summed E-state index contributed by atoms with van der Waals surface area (Å²) in [6.45, 7) is 11.6. The van der Waals surface area contributed by atoms with E-state index in [9.17, 15) is 4.79 Å². The highest BCUT2D eigenvalue weighted by Gasteiger charge is 2.29. The van der Waals surface area contributed by atoms with Gasteiger partial charge < -0.3 is 19.3 Å². The SMILES string of the molecule is Cc1cc(-c2nc(-c3cccc4c3CC[C@@H]4NC(=O)OC(C)(C)C)no2)ccc1OC(C)C. The van der Waals surface area contributed by atoms with Crippen LogP contribution in [0.25, 0.3) is 22.8 Å².